The van der Waals surface area contributed by atoms with Gasteiger partial charge in [-0.05, 0) is 24.6 Å². The Kier molecular flexibility index (Phi) is 4.62. The van der Waals surface area contributed by atoms with Gasteiger partial charge in [0.1, 0.15) is 11.6 Å². The normalized spacial score (nSPS) is 10.5. The van der Waals surface area contributed by atoms with Gasteiger partial charge in [0.2, 0.25) is 11.9 Å². The van der Waals surface area contributed by atoms with Crippen molar-refractivity contribution in [3.05, 3.63) is 29.8 Å². The van der Waals surface area contributed by atoms with Gasteiger partial charge < -0.3 is 10.2 Å². The lowest BCUT2D eigenvalue weighted by molar-refractivity contribution is 0.602. The van der Waals surface area contributed by atoms with E-state index in [1.807, 2.05) is 6.92 Å². The molecule has 0 aliphatic carbocycles. The Morgan fingerprint density at radius 3 is 2.57 bits per heavy atom. The predicted molar refractivity (Wildman–Crippen MR) is 78.3 cm³/mol. The zero-order chi connectivity index (χ0) is 15.4. The van der Waals surface area contributed by atoms with E-state index in [-0.39, 0.29) is 11.4 Å². The van der Waals surface area contributed by atoms with E-state index in [0.717, 1.165) is 24.6 Å². The molecule has 5 nitrogen and oxygen atoms in total. The Morgan fingerprint density at radius 1 is 1.14 bits per heavy atom. The van der Waals surface area contributed by atoms with Gasteiger partial charge >= 0.3 is 0 Å². The van der Waals surface area contributed by atoms with Crippen molar-refractivity contribution < 1.29 is 8.78 Å². The summed E-state index contributed by atoms with van der Waals surface area (Å²) in [5.41, 5.74) is 0.0139. The Labute approximate surface area is 122 Å². The van der Waals surface area contributed by atoms with Gasteiger partial charge in [0.25, 0.3) is 0 Å². The highest BCUT2D eigenvalue weighted by atomic mass is 19.1. The average Bonchev–Trinajstić information content (AvgIpc) is 2.47. The van der Waals surface area contributed by atoms with Crippen molar-refractivity contribution in [2.75, 3.05) is 30.9 Å². The van der Waals surface area contributed by atoms with Gasteiger partial charge in [-0.1, -0.05) is 6.92 Å². The van der Waals surface area contributed by atoms with E-state index in [1.165, 1.54) is 0 Å². The van der Waals surface area contributed by atoms with Gasteiger partial charge in [0.05, 0.1) is 5.56 Å². The molecule has 0 unspecified atom stereocenters. The summed E-state index contributed by atoms with van der Waals surface area (Å²) in [5, 5.41) is 3.03. The van der Waals surface area contributed by atoms with Crippen LogP contribution in [-0.2, 0) is 0 Å². The molecule has 0 saturated heterocycles. The van der Waals surface area contributed by atoms with Gasteiger partial charge in [-0.15, -0.1) is 0 Å². The lowest BCUT2D eigenvalue weighted by atomic mass is 10.2. The molecule has 1 aromatic heterocycles. The van der Waals surface area contributed by atoms with Gasteiger partial charge in [-0.2, -0.15) is 15.0 Å². The Bertz CT molecular complexity index is 631. The van der Waals surface area contributed by atoms with E-state index in [2.05, 4.69) is 20.3 Å². The highest BCUT2D eigenvalue weighted by Gasteiger charge is 2.14. The summed E-state index contributed by atoms with van der Waals surface area (Å²) >= 11 is 0. The fourth-order valence-electron chi connectivity index (χ4n) is 1.67. The summed E-state index contributed by atoms with van der Waals surface area (Å²) in [7, 11) is 3.54. The van der Waals surface area contributed by atoms with Crippen LogP contribution in [0.1, 0.15) is 13.3 Å². The molecule has 112 valence electrons. The van der Waals surface area contributed by atoms with E-state index in [1.54, 1.807) is 19.0 Å². The molecule has 2 aromatic rings. The molecule has 0 radical (unpaired) electrons. The summed E-state index contributed by atoms with van der Waals surface area (Å²) in [6.45, 7) is 2.69. The van der Waals surface area contributed by atoms with Gasteiger partial charge in [-0.25, -0.2) is 8.78 Å². The number of aromatic nitrogens is 3. The minimum atomic E-state index is -0.575. The zero-order valence-electron chi connectivity index (χ0n) is 12.2. The number of nitrogens with one attached hydrogen (secondary N) is 1. The zero-order valence-corrected chi connectivity index (χ0v) is 12.2. The van der Waals surface area contributed by atoms with Crippen molar-refractivity contribution in [1.82, 2.24) is 15.0 Å². The summed E-state index contributed by atoms with van der Waals surface area (Å²) in [6.07, 6.45) is 0.895. The second-order valence-electron chi connectivity index (χ2n) is 4.73. The van der Waals surface area contributed by atoms with Gasteiger partial charge in [0.15, 0.2) is 5.82 Å². The van der Waals surface area contributed by atoms with E-state index < -0.39 is 11.6 Å². The van der Waals surface area contributed by atoms with Crippen molar-refractivity contribution >= 4 is 11.9 Å². The number of halogens is 2. The number of benzene rings is 1. The SMILES string of the molecule is CCCNc1nc(-c2cc(F)ccc2F)nc(N(C)C)n1. The van der Waals surface area contributed by atoms with Crippen molar-refractivity contribution in [3.63, 3.8) is 0 Å². The van der Waals surface area contributed by atoms with Crippen LogP contribution in [0.3, 0.4) is 0 Å². The third-order valence-corrected chi connectivity index (χ3v) is 2.73. The minimum Gasteiger partial charge on any atom is -0.354 e. The Morgan fingerprint density at radius 2 is 1.90 bits per heavy atom. The van der Waals surface area contributed by atoms with Crippen molar-refractivity contribution in [2.24, 2.45) is 0 Å². The van der Waals surface area contributed by atoms with E-state index in [4.69, 9.17) is 0 Å². The molecule has 7 heteroatoms. The number of nitrogens with zero attached hydrogens (tertiary/aromatic N) is 4. The second-order valence-corrected chi connectivity index (χ2v) is 4.73. The van der Waals surface area contributed by atoms with Crippen LogP contribution >= 0.6 is 0 Å². The summed E-state index contributed by atoms with van der Waals surface area (Å²) in [4.78, 5) is 14.2. The standard InChI is InChI=1S/C14H17F2N5/c1-4-7-17-13-18-12(19-14(20-13)21(2)3)10-8-9(15)5-6-11(10)16/h5-6,8H,4,7H2,1-3H3,(H,17,18,19,20). The number of anilines is 2. The molecule has 1 aromatic carbocycles. The molecule has 1 N–H and O–H groups in total. The molecular formula is C14H17F2N5. The van der Waals surface area contributed by atoms with Crippen molar-refractivity contribution in [2.45, 2.75) is 13.3 Å². The maximum atomic E-state index is 13.9. The van der Waals surface area contributed by atoms with Gasteiger partial charge in [-0.3, -0.25) is 0 Å². The first-order valence-electron chi connectivity index (χ1n) is 6.64. The van der Waals surface area contributed by atoms with E-state index in [0.29, 0.717) is 18.4 Å². The molecule has 0 fully saturated rings. The lowest BCUT2D eigenvalue weighted by Gasteiger charge is -2.13. The van der Waals surface area contributed by atoms with Crippen LogP contribution in [0.25, 0.3) is 11.4 Å². The summed E-state index contributed by atoms with van der Waals surface area (Å²) < 4.78 is 27.2. The quantitative estimate of drug-likeness (QED) is 0.918. The van der Waals surface area contributed by atoms with Crippen LogP contribution in [0.2, 0.25) is 0 Å². The monoisotopic (exact) mass is 293 g/mol. The fourth-order valence-corrected chi connectivity index (χ4v) is 1.67. The largest absolute Gasteiger partial charge is 0.354 e. The predicted octanol–water partition coefficient (Wildman–Crippen LogP) is 2.70. The molecule has 0 aliphatic rings. The second kappa shape index (κ2) is 6.43. The molecule has 0 atom stereocenters. The maximum absolute atomic E-state index is 13.9. The molecule has 0 amide bonds. The first kappa shape index (κ1) is 15.1. The number of hydrogen-bond donors (Lipinski definition) is 1. The molecular weight excluding hydrogens is 276 g/mol. The average molecular weight is 293 g/mol. The fraction of sp³-hybridized carbons (Fsp3) is 0.357. The van der Waals surface area contributed by atoms with Crippen LogP contribution in [-0.4, -0.2) is 35.6 Å². The maximum Gasteiger partial charge on any atom is 0.230 e. The van der Waals surface area contributed by atoms with Crippen molar-refractivity contribution in [1.29, 1.82) is 0 Å². The van der Waals surface area contributed by atoms with Crippen LogP contribution in [0.4, 0.5) is 20.7 Å². The lowest BCUT2D eigenvalue weighted by Crippen LogP contribution is -2.16. The highest BCUT2D eigenvalue weighted by Crippen LogP contribution is 2.22. The molecule has 21 heavy (non-hydrogen) atoms. The van der Waals surface area contributed by atoms with E-state index >= 15 is 0 Å². The Balaban J connectivity index is 2.51. The molecule has 0 spiro atoms. The molecule has 2 rings (SSSR count). The number of hydrogen-bond acceptors (Lipinski definition) is 5. The van der Waals surface area contributed by atoms with Crippen LogP contribution < -0.4 is 10.2 Å². The molecule has 0 bridgehead atoms. The third-order valence-electron chi connectivity index (χ3n) is 2.73. The van der Waals surface area contributed by atoms with Gasteiger partial charge in [0, 0.05) is 20.6 Å². The van der Waals surface area contributed by atoms with Crippen molar-refractivity contribution in [3.8, 4) is 11.4 Å². The summed E-state index contributed by atoms with van der Waals surface area (Å²) in [6, 6.07) is 3.19. The van der Waals surface area contributed by atoms with Crippen LogP contribution in [0.5, 0.6) is 0 Å². The van der Waals surface area contributed by atoms with E-state index in [9.17, 15) is 8.78 Å². The third kappa shape index (κ3) is 3.62. The molecule has 0 saturated carbocycles. The Hall–Kier alpha value is -2.31. The smallest absolute Gasteiger partial charge is 0.230 e. The van der Waals surface area contributed by atoms with Crippen LogP contribution in [0.15, 0.2) is 18.2 Å². The first-order chi connectivity index (χ1) is 10.0. The highest BCUT2D eigenvalue weighted by molar-refractivity contribution is 5.59. The summed E-state index contributed by atoms with van der Waals surface area (Å²) in [5.74, 6) is -0.296. The molecule has 1 heterocycles. The number of rotatable bonds is 5. The topological polar surface area (TPSA) is 53.9 Å². The first-order valence-corrected chi connectivity index (χ1v) is 6.64. The van der Waals surface area contributed by atoms with Crippen LogP contribution in [0, 0.1) is 11.6 Å². The molecule has 0 aliphatic heterocycles. The minimum absolute atomic E-state index is 0.0139.